The third kappa shape index (κ3) is 4.62. The van der Waals surface area contributed by atoms with E-state index in [0.29, 0.717) is 28.9 Å². The fourth-order valence-electron chi connectivity index (χ4n) is 3.69. The summed E-state index contributed by atoms with van der Waals surface area (Å²) in [5.41, 5.74) is 1.86. The molecule has 0 aromatic heterocycles. The highest BCUT2D eigenvalue weighted by atomic mass is 35.5. The van der Waals surface area contributed by atoms with Crippen LogP contribution < -0.4 is 10.6 Å². The Bertz CT molecular complexity index is 732. The van der Waals surface area contributed by atoms with Gasteiger partial charge in [0, 0.05) is 23.3 Å². The van der Waals surface area contributed by atoms with Crippen molar-refractivity contribution in [3.8, 4) is 0 Å². The van der Waals surface area contributed by atoms with E-state index in [1.807, 2.05) is 12.1 Å². The first-order valence-corrected chi connectivity index (χ1v) is 9.84. The number of ether oxygens (including phenoxy) is 1. The topological polar surface area (TPSA) is 70.7 Å². The van der Waals surface area contributed by atoms with E-state index in [2.05, 4.69) is 22.5 Å². The van der Waals surface area contributed by atoms with Crippen molar-refractivity contribution >= 4 is 23.6 Å². The number of hydrogen-bond acceptors (Lipinski definition) is 4. The molecule has 2 aliphatic rings. The first-order valence-electron chi connectivity index (χ1n) is 9.46. The Morgan fingerprint density at radius 3 is 2.70 bits per heavy atom. The smallest absolute Gasteiger partial charge is 0.338 e. The maximum atomic E-state index is 12.8. The van der Waals surface area contributed by atoms with Crippen LogP contribution in [-0.2, 0) is 9.53 Å². The molecular formula is C20H26ClN3O3. The van der Waals surface area contributed by atoms with Crippen LogP contribution in [0.3, 0.4) is 0 Å². The number of urea groups is 1. The number of piperidine rings is 1. The molecule has 3 rings (SSSR count). The monoisotopic (exact) mass is 391 g/mol. The van der Waals surface area contributed by atoms with E-state index in [9.17, 15) is 9.59 Å². The molecule has 2 aliphatic heterocycles. The van der Waals surface area contributed by atoms with E-state index < -0.39 is 12.0 Å². The Morgan fingerprint density at radius 1 is 1.30 bits per heavy atom. The molecule has 2 heterocycles. The average molecular weight is 392 g/mol. The van der Waals surface area contributed by atoms with Crippen molar-refractivity contribution in [2.75, 3.05) is 19.7 Å². The number of carbonyl (C=O) groups is 2. The van der Waals surface area contributed by atoms with Gasteiger partial charge in [-0.3, -0.25) is 4.90 Å². The number of nitrogens with zero attached hydrogens (tertiary/aromatic N) is 1. The number of esters is 1. The third-order valence-corrected chi connectivity index (χ3v) is 5.41. The Balaban J connectivity index is 1.98. The minimum absolute atomic E-state index is 0.275. The number of carbonyl (C=O) groups excluding carboxylic acids is 2. The Hall–Kier alpha value is -2.05. The molecule has 1 fully saturated rings. The van der Waals surface area contributed by atoms with Crippen molar-refractivity contribution in [2.45, 2.75) is 45.2 Å². The second kappa shape index (κ2) is 8.76. The number of rotatable bonds is 5. The van der Waals surface area contributed by atoms with Gasteiger partial charge < -0.3 is 15.4 Å². The summed E-state index contributed by atoms with van der Waals surface area (Å²) in [6, 6.07) is 6.67. The lowest BCUT2D eigenvalue weighted by Crippen LogP contribution is -2.50. The highest BCUT2D eigenvalue weighted by molar-refractivity contribution is 6.30. The lowest BCUT2D eigenvalue weighted by molar-refractivity contribution is -0.139. The zero-order chi connectivity index (χ0) is 19.4. The van der Waals surface area contributed by atoms with Gasteiger partial charge in [0.2, 0.25) is 0 Å². The molecule has 1 aromatic rings. The van der Waals surface area contributed by atoms with Gasteiger partial charge in [-0.1, -0.05) is 30.2 Å². The Morgan fingerprint density at radius 2 is 2.04 bits per heavy atom. The molecule has 0 unspecified atom stereocenters. The second-order valence-electron chi connectivity index (χ2n) is 7.01. The highest BCUT2D eigenvalue weighted by Gasteiger charge is 2.35. The highest BCUT2D eigenvalue weighted by Crippen LogP contribution is 2.30. The number of likely N-dealkylation sites (tertiary alicyclic amines) is 1. The summed E-state index contributed by atoms with van der Waals surface area (Å²) in [5.74, 6) is -0.412. The van der Waals surface area contributed by atoms with Gasteiger partial charge in [0.05, 0.1) is 18.2 Å². The Kier molecular flexibility index (Phi) is 6.39. The van der Waals surface area contributed by atoms with E-state index >= 15 is 0 Å². The molecule has 0 radical (unpaired) electrons. The van der Waals surface area contributed by atoms with Gasteiger partial charge in [0.15, 0.2) is 0 Å². The summed E-state index contributed by atoms with van der Waals surface area (Å²) >= 11 is 5.99. The quantitative estimate of drug-likeness (QED) is 0.755. The number of amides is 2. The first-order chi connectivity index (χ1) is 13.0. The summed E-state index contributed by atoms with van der Waals surface area (Å²) in [6.07, 6.45) is 3.46. The van der Waals surface area contributed by atoms with Gasteiger partial charge in [0.1, 0.15) is 0 Å². The molecular weight excluding hydrogens is 366 g/mol. The van der Waals surface area contributed by atoms with Gasteiger partial charge >= 0.3 is 12.0 Å². The first kappa shape index (κ1) is 19.7. The van der Waals surface area contributed by atoms with E-state index in [1.54, 1.807) is 19.1 Å². The molecule has 1 aromatic carbocycles. The minimum Gasteiger partial charge on any atom is -0.463 e. The normalized spacial score (nSPS) is 23.6. The standard InChI is InChI=1S/C20H26ClN3O3/c1-3-27-19(25)17-16(12-24-11-5-4-6-13(24)2)22-20(26)23-18(17)14-7-9-15(21)10-8-14/h7-10,13,18H,3-6,11-12H2,1-2H3,(H2,22,23,26)/t13-,18-/m0/s1. The van der Waals surface area contributed by atoms with E-state index in [4.69, 9.17) is 16.3 Å². The van der Waals surface area contributed by atoms with E-state index in [-0.39, 0.29) is 12.6 Å². The van der Waals surface area contributed by atoms with Crippen LogP contribution in [-0.4, -0.2) is 42.6 Å². The lowest BCUT2D eigenvalue weighted by atomic mass is 9.94. The summed E-state index contributed by atoms with van der Waals surface area (Å²) in [7, 11) is 0. The third-order valence-electron chi connectivity index (χ3n) is 5.15. The lowest BCUT2D eigenvalue weighted by Gasteiger charge is -2.36. The molecule has 0 bridgehead atoms. The van der Waals surface area contributed by atoms with Gasteiger partial charge in [0.25, 0.3) is 0 Å². The van der Waals surface area contributed by atoms with Crippen molar-refractivity contribution < 1.29 is 14.3 Å². The van der Waals surface area contributed by atoms with Crippen LogP contribution >= 0.6 is 11.6 Å². The minimum atomic E-state index is -0.565. The number of benzene rings is 1. The number of halogens is 1. The summed E-state index contributed by atoms with van der Waals surface area (Å²) < 4.78 is 5.31. The fraction of sp³-hybridized carbons (Fsp3) is 0.500. The van der Waals surface area contributed by atoms with Crippen LogP contribution in [0.5, 0.6) is 0 Å². The largest absolute Gasteiger partial charge is 0.463 e. The maximum Gasteiger partial charge on any atom is 0.338 e. The molecule has 2 N–H and O–H groups in total. The van der Waals surface area contributed by atoms with Crippen LogP contribution in [0.2, 0.25) is 5.02 Å². The molecule has 0 saturated carbocycles. The van der Waals surface area contributed by atoms with Crippen molar-refractivity contribution in [3.05, 3.63) is 46.1 Å². The van der Waals surface area contributed by atoms with Crippen molar-refractivity contribution in [1.29, 1.82) is 0 Å². The van der Waals surface area contributed by atoms with Crippen molar-refractivity contribution in [1.82, 2.24) is 15.5 Å². The van der Waals surface area contributed by atoms with Gasteiger partial charge in [-0.2, -0.15) is 0 Å². The Labute approximate surface area is 164 Å². The molecule has 27 heavy (non-hydrogen) atoms. The van der Waals surface area contributed by atoms with Crippen molar-refractivity contribution in [3.63, 3.8) is 0 Å². The summed E-state index contributed by atoms with van der Waals surface area (Å²) in [4.78, 5) is 27.4. The number of hydrogen-bond donors (Lipinski definition) is 2. The maximum absolute atomic E-state index is 12.8. The van der Waals surface area contributed by atoms with Crippen LogP contribution in [0.4, 0.5) is 4.79 Å². The molecule has 7 heteroatoms. The average Bonchev–Trinajstić information content (AvgIpc) is 2.64. The molecule has 2 atom stereocenters. The van der Waals surface area contributed by atoms with E-state index in [0.717, 1.165) is 24.9 Å². The van der Waals surface area contributed by atoms with Crippen LogP contribution in [0.1, 0.15) is 44.7 Å². The zero-order valence-corrected chi connectivity index (χ0v) is 16.5. The fourth-order valence-corrected chi connectivity index (χ4v) is 3.82. The van der Waals surface area contributed by atoms with Crippen molar-refractivity contribution in [2.24, 2.45) is 0 Å². The van der Waals surface area contributed by atoms with Crippen LogP contribution in [0.25, 0.3) is 0 Å². The second-order valence-corrected chi connectivity index (χ2v) is 7.45. The molecule has 0 spiro atoms. The predicted octanol–water partition coefficient (Wildman–Crippen LogP) is 3.39. The predicted molar refractivity (Wildman–Crippen MR) is 104 cm³/mol. The molecule has 2 amide bonds. The molecule has 146 valence electrons. The van der Waals surface area contributed by atoms with Gasteiger partial charge in [-0.25, -0.2) is 9.59 Å². The zero-order valence-electron chi connectivity index (χ0n) is 15.8. The van der Waals surface area contributed by atoms with Gasteiger partial charge in [-0.15, -0.1) is 0 Å². The molecule has 6 nitrogen and oxygen atoms in total. The molecule has 0 aliphatic carbocycles. The molecule has 1 saturated heterocycles. The number of nitrogens with one attached hydrogen (secondary N) is 2. The van der Waals surface area contributed by atoms with E-state index in [1.165, 1.54) is 6.42 Å². The summed E-state index contributed by atoms with van der Waals surface area (Å²) in [6.45, 7) is 5.71. The van der Waals surface area contributed by atoms with Crippen LogP contribution in [0, 0.1) is 0 Å². The van der Waals surface area contributed by atoms with Crippen LogP contribution in [0.15, 0.2) is 35.5 Å². The van der Waals surface area contributed by atoms with Gasteiger partial charge in [-0.05, 0) is 50.9 Å². The SMILES string of the molecule is CCOC(=O)C1=C(CN2CCCC[C@@H]2C)NC(=O)N[C@H]1c1ccc(Cl)cc1. The summed E-state index contributed by atoms with van der Waals surface area (Å²) in [5, 5.41) is 6.30.